The summed E-state index contributed by atoms with van der Waals surface area (Å²) in [5.74, 6) is -0.218. The normalized spacial score (nSPS) is 41.7. The van der Waals surface area contributed by atoms with E-state index in [2.05, 4.69) is 6.92 Å². The van der Waals surface area contributed by atoms with Gasteiger partial charge in [0.2, 0.25) is 0 Å². The molecule has 8 atom stereocenters. The Morgan fingerprint density at radius 1 is 1.12 bits per heavy atom. The van der Waals surface area contributed by atoms with E-state index in [1.54, 1.807) is 6.08 Å². The smallest absolute Gasteiger partial charge is 0.340 e. The molecule has 5 bridgehead atoms. The monoisotopic (exact) mass is 456 g/mol. The minimum atomic E-state index is -0.973. The largest absolute Gasteiger partial charge is 0.487 e. The number of esters is 1. The number of fused-ring (bicyclic) bond motifs is 1. The van der Waals surface area contributed by atoms with Crippen molar-refractivity contribution < 1.29 is 23.8 Å². The van der Waals surface area contributed by atoms with Crippen LogP contribution in [-0.4, -0.2) is 34.9 Å². The molecule has 170 valence electrons. The van der Waals surface area contributed by atoms with Gasteiger partial charge in [0.25, 0.3) is 0 Å². The fourth-order valence-electron chi connectivity index (χ4n) is 5.86. The van der Waals surface area contributed by atoms with Crippen LogP contribution in [0.2, 0.25) is 0 Å². The Labute approximate surface area is 193 Å². The van der Waals surface area contributed by atoms with Crippen LogP contribution in [-0.2, 0) is 30.4 Å². The molecule has 6 rings (SSSR count). The Morgan fingerprint density at radius 2 is 1.88 bits per heavy atom. The van der Waals surface area contributed by atoms with E-state index in [-0.39, 0.29) is 41.7 Å². The van der Waals surface area contributed by atoms with Crippen LogP contribution < -0.4 is 0 Å². The standard InChI is InChI=1S/C26H29ClO5/c1-14-11-15(2)21(27)20-24-26(32-25(20)29)12-16(3)22(31-24)23(18(26)9-10-19(14)28)30-13-17-7-5-4-6-8-17/h4-10,14-16,18,21-23H,11-13H2,1-3H3/b10-9+/t14-,15+,16+,18+,21-,22+,23+,26+/m0/s1. The molecule has 0 radical (unpaired) electrons. The number of ketones is 1. The van der Waals surface area contributed by atoms with E-state index in [0.29, 0.717) is 30.8 Å². The fraction of sp³-hybridized carbons (Fsp3) is 0.538. The van der Waals surface area contributed by atoms with E-state index in [1.807, 2.05) is 50.3 Å². The van der Waals surface area contributed by atoms with Gasteiger partial charge in [0.05, 0.1) is 23.5 Å². The molecule has 1 aromatic rings. The first kappa shape index (κ1) is 21.7. The highest BCUT2D eigenvalue weighted by Crippen LogP contribution is 2.58. The molecule has 0 N–H and O–H groups in total. The Morgan fingerprint density at radius 3 is 2.62 bits per heavy atom. The number of hydrogen-bond donors (Lipinski definition) is 0. The van der Waals surface area contributed by atoms with Gasteiger partial charge in [0, 0.05) is 12.3 Å². The minimum absolute atomic E-state index is 0.0602. The molecule has 1 aromatic carbocycles. The van der Waals surface area contributed by atoms with Crippen LogP contribution in [0.1, 0.15) is 39.2 Å². The molecule has 5 nitrogen and oxygen atoms in total. The molecular formula is C26H29ClO5. The lowest BCUT2D eigenvalue weighted by atomic mass is 9.64. The van der Waals surface area contributed by atoms with E-state index < -0.39 is 16.9 Å². The quantitative estimate of drug-likeness (QED) is 0.492. The molecule has 1 saturated carbocycles. The first-order valence-corrected chi connectivity index (χ1v) is 11.9. The Balaban J connectivity index is 1.59. The van der Waals surface area contributed by atoms with Gasteiger partial charge in [-0.05, 0) is 29.9 Å². The van der Waals surface area contributed by atoms with E-state index >= 15 is 0 Å². The molecule has 0 aromatic heterocycles. The topological polar surface area (TPSA) is 61.8 Å². The number of halogens is 1. The van der Waals surface area contributed by atoms with Crippen LogP contribution in [0.4, 0.5) is 0 Å². The summed E-state index contributed by atoms with van der Waals surface area (Å²) in [5.41, 5.74) is 0.510. The summed E-state index contributed by atoms with van der Waals surface area (Å²) in [5, 5.41) is -0.566. The van der Waals surface area contributed by atoms with E-state index in [0.717, 1.165) is 5.56 Å². The number of alkyl halides is 1. The molecule has 0 unspecified atom stereocenters. The SMILES string of the molecule is C[C@@H]1C[C@]23OC(=O)C4=C2O[C@H]1[C@H](OCc1ccccc1)[C@H]3/C=C/C(=O)[C@@H](C)C[C@@H](C)[C@@H]4Cl. The van der Waals surface area contributed by atoms with Gasteiger partial charge in [-0.25, -0.2) is 4.79 Å². The van der Waals surface area contributed by atoms with E-state index in [1.165, 1.54) is 0 Å². The predicted octanol–water partition coefficient (Wildman–Crippen LogP) is 4.58. The Kier molecular flexibility index (Phi) is 5.45. The average Bonchev–Trinajstić information content (AvgIpc) is 3.06. The number of carbonyl (C=O) groups is 2. The van der Waals surface area contributed by atoms with Crippen molar-refractivity contribution in [1.82, 2.24) is 0 Å². The summed E-state index contributed by atoms with van der Waals surface area (Å²) < 4.78 is 19.0. The van der Waals surface area contributed by atoms with E-state index in [4.69, 9.17) is 25.8 Å². The van der Waals surface area contributed by atoms with Crippen LogP contribution in [0.3, 0.4) is 0 Å². The van der Waals surface area contributed by atoms with Gasteiger partial charge in [-0.2, -0.15) is 0 Å². The van der Waals surface area contributed by atoms with Crippen molar-refractivity contribution in [2.24, 2.45) is 23.7 Å². The predicted molar refractivity (Wildman–Crippen MR) is 120 cm³/mol. The Bertz CT molecular complexity index is 985. The lowest BCUT2D eigenvalue weighted by molar-refractivity contribution is -0.234. The van der Waals surface area contributed by atoms with Gasteiger partial charge in [-0.3, -0.25) is 4.79 Å². The van der Waals surface area contributed by atoms with Crippen molar-refractivity contribution in [3.05, 3.63) is 59.4 Å². The summed E-state index contributed by atoms with van der Waals surface area (Å²) in [6.07, 6.45) is 4.17. The summed E-state index contributed by atoms with van der Waals surface area (Å²) in [6.45, 7) is 6.40. The van der Waals surface area contributed by atoms with Gasteiger partial charge in [-0.1, -0.05) is 57.2 Å². The highest BCUT2D eigenvalue weighted by Gasteiger charge is 2.67. The maximum atomic E-state index is 13.1. The maximum Gasteiger partial charge on any atom is 0.340 e. The zero-order valence-electron chi connectivity index (χ0n) is 18.6. The summed E-state index contributed by atoms with van der Waals surface area (Å²) >= 11 is 6.82. The Hall–Kier alpha value is -2.11. The maximum absolute atomic E-state index is 13.1. The highest BCUT2D eigenvalue weighted by molar-refractivity contribution is 6.26. The van der Waals surface area contributed by atoms with E-state index in [9.17, 15) is 9.59 Å². The number of allylic oxidation sites excluding steroid dienone is 1. The zero-order chi connectivity index (χ0) is 22.6. The number of carbonyl (C=O) groups excluding carboxylic acids is 2. The molecule has 1 spiro atoms. The molecule has 5 aliphatic rings. The van der Waals surface area contributed by atoms with Gasteiger partial charge in [0.1, 0.15) is 12.2 Å². The minimum Gasteiger partial charge on any atom is -0.487 e. The van der Waals surface area contributed by atoms with Crippen LogP contribution in [0.5, 0.6) is 0 Å². The van der Waals surface area contributed by atoms with Crippen molar-refractivity contribution in [1.29, 1.82) is 0 Å². The summed E-state index contributed by atoms with van der Waals surface area (Å²) in [4.78, 5) is 26.0. The second-order valence-corrected chi connectivity index (χ2v) is 10.3. The third-order valence-electron chi connectivity index (χ3n) is 7.52. The second kappa shape index (κ2) is 8.03. The first-order chi connectivity index (χ1) is 15.3. The molecule has 3 aliphatic heterocycles. The molecule has 6 heteroatoms. The van der Waals surface area contributed by atoms with Crippen LogP contribution in [0.25, 0.3) is 0 Å². The van der Waals surface area contributed by atoms with Gasteiger partial charge in [0.15, 0.2) is 17.1 Å². The van der Waals surface area contributed by atoms with Crippen molar-refractivity contribution in [2.45, 2.75) is 63.4 Å². The number of hydrogen-bond acceptors (Lipinski definition) is 5. The molecule has 2 aliphatic carbocycles. The number of rotatable bonds is 3. The summed E-state index contributed by atoms with van der Waals surface area (Å²) in [7, 11) is 0. The molecular weight excluding hydrogens is 428 g/mol. The molecule has 32 heavy (non-hydrogen) atoms. The lowest BCUT2D eigenvalue weighted by Gasteiger charge is -2.55. The second-order valence-electron chi connectivity index (χ2n) is 9.85. The zero-order valence-corrected chi connectivity index (χ0v) is 19.4. The highest BCUT2D eigenvalue weighted by atomic mass is 35.5. The third-order valence-corrected chi connectivity index (χ3v) is 8.17. The molecule has 0 amide bonds. The molecule has 3 fully saturated rings. The van der Waals surface area contributed by atoms with Crippen LogP contribution in [0, 0.1) is 23.7 Å². The number of ether oxygens (including phenoxy) is 3. The number of benzene rings is 1. The van der Waals surface area contributed by atoms with Crippen LogP contribution >= 0.6 is 11.6 Å². The van der Waals surface area contributed by atoms with Crippen molar-refractivity contribution in [3.8, 4) is 0 Å². The summed E-state index contributed by atoms with van der Waals surface area (Å²) in [6, 6.07) is 9.95. The lowest BCUT2D eigenvalue weighted by Crippen LogP contribution is -2.64. The molecule has 2 saturated heterocycles. The van der Waals surface area contributed by atoms with Gasteiger partial charge in [-0.15, -0.1) is 11.6 Å². The van der Waals surface area contributed by atoms with Crippen LogP contribution in [0.15, 0.2) is 53.8 Å². The van der Waals surface area contributed by atoms with Crippen molar-refractivity contribution in [2.75, 3.05) is 0 Å². The van der Waals surface area contributed by atoms with Crippen molar-refractivity contribution >= 4 is 23.4 Å². The van der Waals surface area contributed by atoms with Gasteiger partial charge < -0.3 is 14.2 Å². The van der Waals surface area contributed by atoms with Gasteiger partial charge >= 0.3 is 5.97 Å². The molecule has 3 heterocycles. The third kappa shape index (κ3) is 3.32. The first-order valence-electron chi connectivity index (χ1n) is 11.5. The average molecular weight is 457 g/mol. The fourth-order valence-corrected chi connectivity index (χ4v) is 6.15. The van der Waals surface area contributed by atoms with Crippen molar-refractivity contribution in [3.63, 3.8) is 0 Å².